The van der Waals surface area contributed by atoms with Crippen molar-refractivity contribution in [3.05, 3.63) is 29.6 Å². The summed E-state index contributed by atoms with van der Waals surface area (Å²) in [5, 5.41) is 4.18. The average Bonchev–Trinajstić information content (AvgIpc) is 2.89. The second-order valence-electron chi connectivity index (χ2n) is 6.46. The van der Waals surface area contributed by atoms with Crippen molar-refractivity contribution in [2.75, 3.05) is 18.6 Å². The Morgan fingerprint density at radius 1 is 1.33 bits per heavy atom. The molecule has 0 fully saturated rings. The summed E-state index contributed by atoms with van der Waals surface area (Å²) in [7, 11) is 1.61. The Morgan fingerprint density at radius 3 is 2.58 bits per heavy atom. The van der Waals surface area contributed by atoms with Crippen molar-refractivity contribution in [2.45, 2.75) is 40.2 Å². The van der Waals surface area contributed by atoms with Crippen molar-refractivity contribution in [3.8, 4) is 0 Å². The third-order valence-electron chi connectivity index (χ3n) is 3.36. The lowest BCUT2D eigenvalue weighted by Gasteiger charge is -2.26. The summed E-state index contributed by atoms with van der Waals surface area (Å²) in [5.74, 6) is -0.475. The molecule has 0 saturated heterocycles. The van der Waals surface area contributed by atoms with Crippen molar-refractivity contribution < 1.29 is 19.1 Å². The molecule has 0 aliphatic rings. The molecule has 7 heteroatoms. The lowest BCUT2D eigenvalue weighted by molar-refractivity contribution is 0.0526. The minimum Gasteiger partial charge on any atom is -0.462 e. The Morgan fingerprint density at radius 2 is 2.00 bits per heavy atom. The zero-order chi connectivity index (χ0) is 18.1. The van der Waals surface area contributed by atoms with Gasteiger partial charge in [0.15, 0.2) is 0 Å². The second kappa shape index (κ2) is 6.51. The number of aromatic nitrogens is 2. The highest BCUT2D eigenvalue weighted by Crippen LogP contribution is 2.29. The van der Waals surface area contributed by atoms with Crippen molar-refractivity contribution in [3.63, 3.8) is 0 Å². The average molecular weight is 333 g/mol. The largest absolute Gasteiger partial charge is 0.462 e. The molecule has 0 aliphatic heterocycles. The van der Waals surface area contributed by atoms with Crippen molar-refractivity contribution in [2.24, 2.45) is 0 Å². The van der Waals surface area contributed by atoms with Gasteiger partial charge in [-0.05, 0) is 46.2 Å². The van der Waals surface area contributed by atoms with Gasteiger partial charge in [-0.15, -0.1) is 0 Å². The number of ether oxygens (including phenoxy) is 2. The molecule has 2 aromatic heterocycles. The molecule has 0 aliphatic carbocycles. The molecule has 0 unspecified atom stereocenters. The fraction of sp³-hybridized carbons (Fsp3) is 0.471. The maximum Gasteiger partial charge on any atom is 0.414 e. The number of pyridine rings is 1. The molecule has 0 radical (unpaired) electrons. The van der Waals surface area contributed by atoms with Crippen molar-refractivity contribution in [1.29, 1.82) is 0 Å². The summed E-state index contributed by atoms with van der Waals surface area (Å²) in [4.78, 5) is 26.0. The van der Waals surface area contributed by atoms with E-state index in [2.05, 4.69) is 5.10 Å². The summed E-state index contributed by atoms with van der Waals surface area (Å²) < 4.78 is 12.1. The van der Waals surface area contributed by atoms with Crippen LogP contribution in [0.15, 0.2) is 18.5 Å². The number of fused-ring (bicyclic) bond motifs is 1. The highest BCUT2D eigenvalue weighted by molar-refractivity contribution is 6.04. The maximum absolute atomic E-state index is 12.4. The number of carbonyl (C=O) groups is 2. The van der Waals surface area contributed by atoms with E-state index in [1.54, 1.807) is 45.5 Å². The van der Waals surface area contributed by atoms with Crippen LogP contribution in [0, 0.1) is 6.92 Å². The van der Waals surface area contributed by atoms with E-state index in [0.29, 0.717) is 16.8 Å². The molecule has 0 aromatic carbocycles. The first-order chi connectivity index (χ1) is 11.2. The van der Waals surface area contributed by atoms with Gasteiger partial charge in [0.1, 0.15) is 16.7 Å². The molecular formula is C17H23N3O4. The van der Waals surface area contributed by atoms with Gasteiger partial charge in [-0.1, -0.05) is 0 Å². The predicted molar refractivity (Wildman–Crippen MR) is 90.5 cm³/mol. The standard InChI is InChI=1S/C17H23N3O4/c1-7-23-15(21)12-10-18-20-9-8-11(2)13(14(12)20)19(6)16(22)24-17(3,4)5/h8-10H,7H2,1-6H3. The molecule has 2 aromatic rings. The van der Waals surface area contributed by atoms with Crippen LogP contribution >= 0.6 is 0 Å². The van der Waals surface area contributed by atoms with Gasteiger partial charge in [0.2, 0.25) is 0 Å². The van der Waals surface area contributed by atoms with Gasteiger partial charge in [-0.3, -0.25) is 4.90 Å². The summed E-state index contributed by atoms with van der Waals surface area (Å²) in [5.41, 5.74) is 1.59. The van der Waals surface area contributed by atoms with Gasteiger partial charge >= 0.3 is 12.1 Å². The van der Waals surface area contributed by atoms with Crippen LogP contribution in [0.2, 0.25) is 0 Å². The molecule has 2 heterocycles. The molecule has 2 rings (SSSR count). The number of carbonyl (C=O) groups excluding carboxylic acids is 2. The maximum atomic E-state index is 12.4. The van der Waals surface area contributed by atoms with E-state index >= 15 is 0 Å². The SMILES string of the molecule is CCOC(=O)c1cnn2ccc(C)c(N(C)C(=O)OC(C)(C)C)c12. The fourth-order valence-corrected chi connectivity index (χ4v) is 2.36. The van der Waals surface area contributed by atoms with Gasteiger partial charge in [0.05, 0.1) is 18.5 Å². The molecule has 130 valence electrons. The monoisotopic (exact) mass is 333 g/mol. The van der Waals surface area contributed by atoms with E-state index in [1.807, 2.05) is 13.0 Å². The topological polar surface area (TPSA) is 73.1 Å². The Hall–Kier alpha value is -2.57. The van der Waals surface area contributed by atoms with Crippen LogP contribution in [-0.4, -0.2) is 40.9 Å². The second-order valence-corrected chi connectivity index (χ2v) is 6.46. The van der Waals surface area contributed by atoms with E-state index < -0.39 is 17.7 Å². The number of aryl methyl sites for hydroxylation is 1. The van der Waals surface area contributed by atoms with Crippen LogP contribution in [0.5, 0.6) is 0 Å². The third-order valence-corrected chi connectivity index (χ3v) is 3.36. The Labute approximate surface area is 141 Å². The van der Waals surface area contributed by atoms with Gasteiger partial charge in [-0.25, -0.2) is 14.1 Å². The Kier molecular flexibility index (Phi) is 4.82. The lowest BCUT2D eigenvalue weighted by Crippen LogP contribution is -2.34. The number of nitrogens with zero attached hydrogens (tertiary/aromatic N) is 3. The van der Waals surface area contributed by atoms with Crippen LogP contribution in [0.1, 0.15) is 43.6 Å². The van der Waals surface area contributed by atoms with E-state index in [1.165, 1.54) is 11.1 Å². The number of anilines is 1. The smallest absolute Gasteiger partial charge is 0.414 e. The molecule has 7 nitrogen and oxygen atoms in total. The normalized spacial score (nSPS) is 11.4. The minimum atomic E-state index is -0.617. The van der Waals surface area contributed by atoms with Crippen LogP contribution in [-0.2, 0) is 9.47 Å². The summed E-state index contributed by atoms with van der Waals surface area (Å²) in [6.07, 6.45) is 2.67. The molecule has 0 N–H and O–H groups in total. The van der Waals surface area contributed by atoms with Crippen LogP contribution in [0.4, 0.5) is 10.5 Å². The first-order valence-electron chi connectivity index (χ1n) is 7.76. The number of hydrogen-bond acceptors (Lipinski definition) is 5. The van der Waals surface area contributed by atoms with Gasteiger partial charge in [-0.2, -0.15) is 5.10 Å². The zero-order valence-electron chi connectivity index (χ0n) is 14.9. The lowest BCUT2D eigenvalue weighted by atomic mass is 10.1. The Bertz CT molecular complexity index is 774. The predicted octanol–water partition coefficient (Wildman–Crippen LogP) is 3.19. The zero-order valence-corrected chi connectivity index (χ0v) is 14.9. The van der Waals surface area contributed by atoms with Crippen LogP contribution in [0.3, 0.4) is 0 Å². The highest BCUT2D eigenvalue weighted by atomic mass is 16.6. The van der Waals surface area contributed by atoms with Gasteiger partial charge in [0.25, 0.3) is 0 Å². The first kappa shape index (κ1) is 17.8. The first-order valence-corrected chi connectivity index (χ1v) is 7.76. The molecule has 0 atom stereocenters. The Balaban J connectivity index is 2.56. The van der Waals surface area contributed by atoms with E-state index in [4.69, 9.17) is 9.47 Å². The van der Waals surface area contributed by atoms with Crippen molar-refractivity contribution in [1.82, 2.24) is 9.61 Å². The molecule has 0 bridgehead atoms. The van der Waals surface area contributed by atoms with Crippen molar-refractivity contribution >= 4 is 23.3 Å². The van der Waals surface area contributed by atoms with E-state index in [9.17, 15) is 9.59 Å². The van der Waals surface area contributed by atoms with Crippen LogP contribution in [0.25, 0.3) is 5.52 Å². The fourth-order valence-electron chi connectivity index (χ4n) is 2.36. The summed E-state index contributed by atoms with van der Waals surface area (Å²) >= 11 is 0. The van der Waals surface area contributed by atoms with E-state index in [0.717, 1.165) is 5.56 Å². The van der Waals surface area contributed by atoms with Crippen LogP contribution < -0.4 is 4.90 Å². The van der Waals surface area contributed by atoms with E-state index in [-0.39, 0.29) is 6.61 Å². The molecular weight excluding hydrogens is 310 g/mol. The third kappa shape index (κ3) is 3.50. The number of esters is 1. The highest BCUT2D eigenvalue weighted by Gasteiger charge is 2.26. The van der Waals surface area contributed by atoms with Gasteiger partial charge < -0.3 is 9.47 Å². The number of hydrogen-bond donors (Lipinski definition) is 0. The molecule has 0 spiro atoms. The molecule has 24 heavy (non-hydrogen) atoms. The summed E-state index contributed by atoms with van der Waals surface area (Å²) in [6.45, 7) is 9.26. The quantitative estimate of drug-likeness (QED) is 0.807. The molecule has 1 amide bonds. The molecule has 0 saturated carbocycles. The summed E-state index contributed by atoms with van der Waals surface area (Å²) in [6, 6.07) is 1.82. The van der Waals surface area contributed by atoms with Gasteiger partial charge in [0, 0.05) is 13.2 Å². The number of rotatable bonds is 3. The minimum absolute atomic E-state index is 0.263. The number of amides is 1.